The lowest BCUT2D eigenvalue weighted by Crippen LogP contribution is -2.37. The molecule has 0 unspecified atom stereocenters. The van der Waals surface area contributed by atoms with Crippen LogP contribution >= 0.6 is 27.7 Å². The number of nitrogens with one attached hydrogen (secondary N) is 1. The van der Waals surface area contributed by atoms with E-state index in [1.54, 1.807) is 11.8 Å². The molecule has 5 heteroatoms. The molecule has 0 saturated heterocycles. The summed E-state index contributed by atoms with van der Waals surface area (Å²) in [5.41, 5.74) is 0. The van der Waals surface area contributed by atoms with E-state index in [-0.39, 0.29) is 5.91 Å². The molecule has 116 valence electrons. The van der Waals surface area contributed by atoms with Crippen molar-refractivity contribution < 1.29 is 9.53 Å². The Kier molecular flexibility index (Phi) is 7.44. The van der Waals surface area contributed by atoms with Crippen LogP contribution in [0.5, 0.6) is 5.75 Å². The third-order valence-corrected chi connectivity index (χ3v) is 4.96. The number of thioether (sulfide) groups is 1. The zero-order chi connectivity index (χ0) is 14.9. The predicted octanol–water partition coefficient (Wildman–Crippen LogP) is 4.01. The number of hydrogen-bond acceptors (Lipinski definition) is 3. The minimum absolute atomic E-state index is 0.163. The fourth-order valence-electron chi connectivity index (χ4n) is 2.43. The zero-order valence-electron chi connectivity index (χ0n) is 12.1. The molecule has 2 rings (SSSR count). The summed E-state index contributed by atoms with van der Waals surface area (Å²) in [5, 5.41) is 3.13. The van der Waals surface area contributed by atoms with Crippen molar-refractivity contribution in [3.63, 3.8) is 0 Å². The molecule has 1 saturated carbocycles. The van der Waals surface area contributed by atoms with E-state index in [0.717, 1.165) is 28.8 Å². The van der Waals surface area contributed by atoms with Crippen molar-refractivity contribution in [2.24, 2.45) is 0 Å². The van der Waals surface area contributed by atoms with Crippen molar-refractivity contribution in [2.45, 2.75) is 38.1 Å². The number of benzene rings is 1. The molecule has 1 N–H and O–H groups in total. The molecule has 21 heavy (non-hydrogen) atoms. The quantitative estimate of drug-likeness (QED) is 0.735. The maximum Gasteiger partial charge on any atom is 0.230 e. The van der Waals surface area contributed by atoms with Crippen LogP contribution in [0.15, 0.2) is 28.7 Å². The summed E-state index contributed by atoms with van der Waals surface area (Å²) < 4.78 is 6.66. The Bertz CT molecular complexity index is 432. The van der Waals surface area contributed by atoms with Crippen LogP contribution in [-0.2, 0) is 4.79 Å². The van der Waals surface area contributed by atoms with Crippen LogP contribution in [0.25, 0.3) is 0 Å². The number of amides is 1. The minimum Gasteiger partial charge on any atom is -0.493 e. The van der Waals surface area contributed by atoms with Gasteiger partial charge in [0.1, 0.15) is 5.75 Å². The molecule has 1 aromatic carbocycles. The summed E-state index contributed by atoms with van der Waals surface area (Å²) in [7, 11) is 0. The van der Waals surface area contributed by atoms with Crippen molar-refractivity contribution in [3.8, 4) is 5.75 Å². The van der Waals surface area contributed by atoms with E-state index >= 15 is 0 Å². The molecule has 0 aromatic heterocycles. The summed E-state index contributed by atoms with van der Waals surface area (Å²) in [4.78, 5) is 11.8. The summed E-state index contributed by atoms with van der Waals surface area (Å²) >= 11 is 5.02. The lowest BCUT2D eigenvalue weighted by atomic mass is 9.95. The van der Waals surface area contributed by atoms with E-state index in [9.17, 15) is 4.79 Å². The summed E-state index contributed by atoms with van der Waals surface area (Å²) in [6.45, 7) is 0.628. The van der Waals surface area contributed by atoms with Gasteiger partial charge >= 0.3 is 0 Å². The molecule has 0 aliphatic heterocycles. The monoisotopic (exact) mass is 371 g/mol. The number of halogens is 1. The van der Waals surface area contributed by atoms with Gasteiger partial charge in [0.25, 0.3) is 0 Å². The first kappa shape index (κ1) is 16.7. The Morgan fingerprint density at radius 3 is 2.67 bits per heavy atom. The Morgan fingerprint density at radius 1 is 1.24 bits per heavy atom. The molecule has 3 nitrogen and oxygen atoms in total. The first-order valence-corrected chi connectivity index (χ1v) is 9.44. The molecule has 1 aliphatic carbocycles. The third kappa shape index (κ3) is 6.74. The summed E-state index contributed by atoms with van der Waals surface area (Å²) in [6.07, 6.45) is 6.10. The Hall–Kier alpha value is -0.680. The van der Waals surface area contributed by atoms with Gasteiger partial charge in [0, 0.05) is 16.3 Å². The number of carbonyl (C=O) groups excluding carboxylic acids is 1. The Morgan fingerprint density at radius 2 is 1.95 bits per heavy atom. The fourth-order valence-corrected chi connectivity index (χ4v) is 3.31. The molecular weight excluding hydrogens is 350 g/mol. The van der Waals surface area contributed by atoms with Gasteiger partial charge in [-0.3, -0.25) is 4.79 Å². The van der Waals surface area contributed by atoms with Gasteiger partial charge in [-0.25, -0.2) is 0 Å². The smallest absolute Gasteiger partial charge is 0.230 e. The van der Waals surface area contributed by atoms with Gasteiger partial charge in [0.15, 0.2) is 0 Å². The number of rotatable bonds is 7. The van der Waals surface area contributed by atoms with Gasteiger partial charge in [-0.1, -0.05) is 35.2 Å². The molecule has 0 spiro atoms. The average molecular weight is 372 g/mol. The topological polar surface area (TPSA) is 38.3 Å². The molecule has 1 aliphatic rings. The fraction of sp³-hybridized carbons (Fsp3) is 0.562. The first-order chi connectivity index (χ1) is 10.2. The highest BCUT2D eigenvalue weighted by Gasteiger charge is 2.15. The minimum atomic E-state index is 0.163. The predicted molar refractivity (Wildman–Crippen MR) is 92.0 cm³/mol. The second kappa shape index (κ2) is 9.36. The van der Waals surface area contributed by atoms with E-state index in [4.69, 9.17) is 4.74 Å². The largest absolute Gasteiger partial charge is 0.493 e. The van der Waals surface area contributed by atoms with Gasteiger partial charge in [-0.15, -0.1) is 11.8 Å². The average Bonchev–Trinajstić information content (AvgIpc) is 2.50. The van der Waals surface area contributed by atoms with Crippen molar-refractivity contribution in [1.82, 2.24) is 5.32 Å². The third-order valence-electron chi connectivity index (χ3n) is 3.51. The molecule has 0 radical (unpaired) electrons. The standard InChI is InChI=1S/C16H22BrNO2S/c17-13-6-8-15(9-7-13)20-10-11-21-12-16(19)18-14-4-2-1-3-5-14/h6-9,14H,1-5,10-12H2,(H,18,19). The highest BCUT2D eigenvalue weighted by Crippen LogP contribution is 2.18. The molecule has 0 atom stereocenters. The maximum absolute atomic E-state index is 11.8. The first-order valence-electron chi connectivity index (χ1n) is 7.49. The van der Waals surface area contributed by atoms with Gasteiger partial charge in [-0.2, -0.15) is 0 Å². The summed E-state index contributed by atoms with van der Waals surface area (Å²) in [5.74, 6) is 2.38. The van der Waals surface area contributed by atoms with E-state index < -0.39 is 0 Å². The molecule has 0 heterocycles. The second-order valence-electron chi connectivity index (χ2n) is 5.26. The van der Waals surface area contributed by atoms with Crippen LogP contribution in [0.1, 0.15) is 32.1 Å². The lowest BCUT2D eigenvalue weighted by molar-refractivity contribution is -0.119. The van der Waals surface area contributed by atoms with Crippen LogP contribution in [0.4, 0.5) is 0 Å². The molecule has 0 bridgehead atoms. The number of carbonyl (C=O) groups is 1. The van der Waals surface area contributed by atoms with Crippen molar-refractivity contribution >= 4 is 33.6 Å². The van der Waals surface area contributed by atoms with Crippen LogP contribution < -0.4 is 10.1 Å². The van der Waals surface area contributed by atoms with Crippen LogP contribution in [0.2, 0.25) is 0 Å². The van der Waals surface area contributed by atoms with Crippen molar-refractivity contribution in [1.29, 1.82) is 0 Å². The summed E-state index contributed by atoms with van der Waals surface area (Å²) in [6, 6.07) is 8.20. The Balaban J connectivity index is 1.52. The zero-order valence-corrected chi connectivity index (χ0v) is 14.5. The maximum atomic E-state index is 11.8. The SMILES string of the molecule is O=C(CSCCOc1ccc(Br)cc1)NC1CCCCC1. The Labute approximate surface area is 139 Å². The number of hydrogen-bond donors (Lipinski definition) is 1. The molecule has 1 fully saturated rings. The van der Waals surface area contributed by atoms with Crippen LogP contribution in [0, 0.1) is 0 Å². The van der Waals surface area contributed by atoms with E-state index in [0.29, 0.717) is 18.4 Å². The molecular formula is C16H22BrNO2S. The van der Waals surface area contributed by atoms with Crippen molar-refractivity contribution in [3.05, 3.63) is 28.7 Å². The van der Waals surface area contributed by atoms with E-state index in [1.807, 2.05) is 24.3 Å². The van der Waals surface area contributed by atoms with Gasteiger partial charge in [0.05, 0.1) is 12.4 Å². The van der Waals surface area contributed by atoms with E-state index in [1.165, 1.54) is 19.3 Å². The van der Waals surface area contributed by atoms with E-state index in [2.05, 4.69) is 21.2 Å². The van der Waals surface area contributed by atoms with Gasteiger partial charge in [0.2, 0.25) is 5.91 Å². The number of ether oxygens (including phenoxy) is 1. The highest BCUT2D eigenvalue weighted by atomic mass is 79.9. The molecule has 1 aromatic rings. The van der Waals surface area contributed by atoms with Crippen molar-refractivity contribution in [2.75, 3.05) is 18.1 Å². The normalized spacial score (nSPS) is 15.7. The molecule has 1 amide bonds. The lowest BCUT2D eigenvalue weighted by Gasteiger charge is -2.22. The second-order valence-corrected chi connectivity index (χ2v) is 7.28. The van der Waals surface area contributed by atoms with Gasteiger partial charge in [-0.05, 0) is 37.1 Å². The highest BCUT2D eigenvalue weighted by molar-refractivity contribution is 9.10. The van der Waals surface area contributed by atoms with Crippen LogP contribution in [-0.4, -0.2) is 30.1 Å². The van der Waals surface area contributed by atoms with Gasteiger partial charge < -0.3 is 10.1 Å². The van der Waals surface area contributed by atoms with Crippen LogP contribution in [0.3, 0.4) is 0 Å².